The number of aromatic nitrogens is 4. The number of halogens is 1. The molecule has 0 spiro atoms. The molecule has 3 aromatic heterocycles. The average Bonchev–Trinajstić information content (AvgIpc) is 3.13. The lowest BCUT2D eigenvalue weighted by atomic mass is 9.96. The highest BCUT2D eigenvalue weighted by Crippen LogP contribution is 2.31. The van der Waals surface area contributed by atoms with Gasteiger partial charge in [0.05, 0.1) is 0 Å². The summed E-state index contributed by atoms with van der Waals surface area (Å²) in [5.41, 5.74) is 1.92. The zero-order chi connectivity index (χ0) is 17.2. The quantitative estimate of drug-likeness (QED) is 0.663. The third-order valence-electron chi connectivity index (χ3n) is 4.50. The first-order valence-electron chi connectivity index (χ1n) is 8.33. The summed E-state index contributed by atoms with van der Waals surface area (Å²) >= 11 is 3.47. The molecule has 4 rings (SSSR count). The van der Waals surface area contributed by atoms with Crippen LogP contribution in [0.5, 0.6) is 0 Å². The zero-order valence-corrected chi connectivity index (χ0v) is 15.5. The van der Waals surface area contributed by atoms with Crippen molar-refractivity contribution in [3.8, 4) is 11.5 Å². The predicted molar refractivity (Wildman–Crippen MR) is 98.4 cm³/mol. The summed E-state index contributed by atoms with van der Waals surface area (Å²) in [4.78, 5) is 15.7. The monoisotopic (exact) mass is 399 g/mol. The molecule has 25 heavy (non-hydrogen) atoms. The molecule has 0 radical (unpaired) electrons. The van der Waals surface area contributed by atoms with Gasteiger partial charge in [0.25, 0.3) is 0 Å². The molecule has 0 saturated carbocycles. The molecule has 3 aromatic rings. The number of hydrogen-bond donors (Lipinski definition) is 0. The Labute approximate surface area is 154 Å². The Morgan fingerprint density at radius 3 is 2.76 bits per heavy atom. The van der Waals surface area contributed by atoms with E-state index in [9.17, 15) is 0 Å². The number of piperidine rings is 1. The fourth-order valence-corrected chi connectivity index (χ4v) is 3.65. The van der Waals surface area contributed by atoms with Crippen LogP contribution in [0.25, 0.3) is 11.5 Å². The molecule has 7 heteroatoms. The molecular weight excluding hydrogens is 382 g/mol. The van der Waals surface area contributed by atoms with Crippen molar-refractivity contribution in [1.82, 2.24) is 20.1 Å². The maximum Gasteiger partial charge on any atom is 0.230 e. The summed E-state index contributed by atoms with van der Waals surface area (Å²) in [6, 6.07) is 7.79. The molecule has 0 unspecified atom stereocenters. The third kappa shape index (κ3) is 3.42. The van der Waals surface area contributed by atoms with Gasteiger partial charge in [-0.15, -0.1) is 0 Å². The number of hydrogen-bond acceptors (Lipinski definition) is 6. The van der Waals surface area contributed by atoms with Crippen LogP contribution in [0.4, 0.5) is 5.82 Å². The van der Waals surface area contributed by atoms with Crippen molar-refractivity contribution in [2.45, 2.75) is 25.7 Å². The van der Waals surface area contributed by atoms with Crippen molar-refractivity contribution in [3.05, 3.63) is 52.6 Å². The fraction of sp³-hybridized carbons (Fsp3) is 0.333. The molecule has 1 fully saturated rings. The Hall–Kier alpha value is -2.28. The SMILES string of the molecule is Cc1cc(Br)cnc1N1CCC(c2nc(-c3ccccn3)no2)CC1. The van der Waals surface area contributed by atoms with E-state index in [1.807, 2.05) is 24.4 Å². The highest BCUT2D eigenvalue weighted by Gasteiger charge is 2.26. The number of pyridine rings is 2. The summed E-state index contributed by atoms with van der Waals surface area (Å²) < 4.78 is 6.51. The van der Waals surface area contributed by atoms with Gasteiger partial charge in [0, 0.05) is 35.9 Å². The van der Waals surface area contributed by atoms with Crippen LogP contribution >= 0.6 is 15.9 Å². The minimum atomic E-state index is 0.289. The van der Waals surface area contributed by atoms with Crippen molar-refractivity contribution in [2.75, 3.05) is 18.0 Å². The Morgan fingerprint density at radius 2 is 2.04 bits per heavy atom. The van der Waals surface area contributed by atoms with Crippen LogP contribution in [-0.4, -0.2) is 33.2 Å². The topological polar surface area (TPSA) is 67.9 Å². The second kappa shape index (κ2) is 6.92. The Bertz CT molecular complexity index is 859. The van der Waals surface area contributed by atoms with Crippen LogP contribution in [0.3, 0.4) is 0 Å². The minimum absolute atomic E-state index is 0.289. The molecule has 0 bridgehead atoms. The van der Waals surface area contributed by atoms with Crippen molar-refractivity contribution < 1.29 is 4.52 Å². The predicted octanol–water partition coefficient (Wildman–Crippen LogP) is 3.98. The van der Waals surface area contributed by atoms with E-state index >= 15 is 0 Å². The molecular formula is C18H18BrN5O. The van der Waals surface area contributed by atoms with Crippen molar-refractivity contribution in [3.63, 3.8) is 0 Å². The van der Waals surface area contributed by atoms with Crippen LogP contribution in [0, 0.1) is 6.92 Å². The second-order valence-corrected chi connectivity index (χ2v) is 7.14. The average molecular weight is 400 g/mol. The van der Waals surface area contributed by atoms with E-state index in [-0.39, 0.29) is 5.92 Å². The molecule has 0 amide bonds. The fourth-order valence-electron chi connectivity index (χ4n) is 3.20. The van der Waals surface area contributed by atoms with E-state index in [1.165, 1.54) is 5.56 Å². The number of aryl methyl sites for hydroxylation is 1. The van der Waals surface area contributed by atoms with Crippen molar-refractivity contribution >= 4 is 21.7 Å². The third-order valence-corrected chi connectivity index (χ3v) is 4.93. The van der Waals surface area contributed by atoms with Crippen LogP contribution in [0.15, 0.2) is 45.7 Å². The smallest absolute Gasteiger partial charge is 0.230 e. The Morgan fingerprint density at radius 1 is 1.20 bits per heavy atom. The molecule has 4 heterocycles. The molecule has 0 aromatic carbocycles. The van der Waals surface area contributed by atoms with E-state index < -0.39 is 0 Å². The summed E-state index contributed by atoms with van der Waals surface area (Å²) in [5.74, 6) is 2.61. The van der Waals surface area contributed by atoms with Gasteiger partial charge < -0.3 is 9.42 Å². The standard InChI is InChI=1S/C18H18BrN5O/c1-12-10-14(19)11-21-17(12)24-8-5-13(6-9-24)18-22-16(23-25-18)15-4-2-3-7-20-15/h2-4,7,10-11,13H,5-6,8-9H2,1H3. The maximum atomic E-state index is 5.50. The van der Waals surface area contributed by atoms with Gasteiger partial charge in [-0.1, -0.05) is 11.2 Å². The number of anilines is 1. The van der Waals surface area contributed by atoms with Gasteiger partial charge in [-0.05, 0) is 59.5 Å². The largest absolute Gasteiger partial charge is 0.356 e. The van der Waals surface area contributed by atoms with Gasteiger partial charge in [-0.3, -0.25) is 4.98 Å². The first kappa shape index (κ1) is 16.2. The molecule has 1 aliphatic heterocycles. The van der Waals surface area contributed by atoms with Gasteiger partial charge in [0.15, 0.2) is 0 Å². The van der Waals surface area contributed by atoms with E-state index in [0.29, 0.717) is 11.7 Å². The van der Waals surface area contributed by atoms with Crippen LogP contribution in [-0.2, 0) is 0 Å². The highest BCUT2D eigenvalue weighted by atomic mass is 79.9. The summed E-state index contributed by atoms with van der Waals surface area (Å²) in [6.45, 7) is 3.96. The van der Waals surface area contributed by atoms with Crippen molar-refractivity contribution in [2.24, 2.45) is 0 Å². The lowest BCUT2D eigenvalue weighted by Crippen LogP contribution is -2.34. The normalized spacial score (nSPS) is 15.5. The second-order valence-electron chi connectivity index (χ2n) is 6.23. The molecule has 6 nitrogen and oxygen atoms in total. The Balaban J connectivity index is 1.45. The van der Waals surface area contributed by atoms with E-state index in [4.69, 9.17) is 4.52 Å². The van der Waals surface area contributed by atoms with E-state index in [0.717, 1.165) is 41.9 Å². The van der Waals surface area contributed by atoms with E-state index in [1.54, 1.807) is 6.20 Å². The molecule has 0 atom stereocenters. The van der Waals surface area contributed by atoms with Gasteiger partial charge in [-0.25, -0.2) is 4.98 Å². The molecule has 1 saturated heterocycles. The lowest BCUT2D eigenvalue weighted by molar-refractivity contribution is 0.329. The first-order chi connectivity index (χ1) is 12.2. The summed E-state index contributed by atoms with van der Waals surface area (Å²) in [7, 11) is 0. The maximum absolute atomic E-state index is 5.50. The molecule has 0 N–H and O–H groups in total. The van der Waals surface area contributed by atoms with Gasteiger partial charge in [0.2, 0.25) is 11.7 Å². The van der Waals surface area contributed by atoms with Gasteiger partial charge in [-0.2, -0.15) is 4.98 Å². The lowest BCUT2D eigenvalue weighted by Gasteiger charge is -2.32. The zero-order valence-electron chi connectivity index (χ0n) is 13.9. The van der Waals surface area contributed by atoms with Crippen molar-refractivity contribution in [1.29, 1.82) is 0 Å². The Kier molecular flexibility index (Phi) is 4.48. The number of rotatable bonds is 3. The molecule has 1 aliphatic rings. The van der Waals surface area contributed by atoms with Gasteiger partial charge in [0.1, 0.15) is 11.5 Å². The summed E-state index contributed by atoms with van der Waals surface area (Å²) in [6.07, 6.45) is 5.53. The molecule has 0 aliphatic carbocycles. The first-order valence-corrected chi connectivity index (χ1v) is 9.12. The highest BCUT2D eigenvalue weighted by molar-refractivity contribution is 9.10. The number of nitrogens with zero attached hydrogens (tertiary/aromatic N) is 5. The van der Waals surface area contributed by atoms with Gasteiger partial charge >= 0.3 is 0 Å². The van der Waals surface area contributed by atoms with Crippen LogP contribution < -0.4 is 4.90 Å². The van der Waals surface area contributed by atoms with E-state index in [2.05, 4.69) is 53.9 Å². The molecule has 128 valence electrons. The van der Waals surface area contributed by atoms with Crippen LogP contribution in [0.2, 0.25) is 0 Å². The van der Waals surface area contributed by atoms with Crippen LogP contribution in [0.1, 0.15) is 30.2 Å². The minimum Gasteiger partial charge on any atom is -0.356 e. The summed E-state index contributed by atoms with van der Waals surface area (Å²) in [5, 5.41) is 4.08.